The Bertz CT molecular complexity index is 627. The lowest BCUT2D eigenvalue weighted by atomic mass is 9.77. The average Bonchev–Trinajstić information content (AvgIpc) is 2.66. The van der Waals surface area contributed by atoms with Crippen molar-refractivity contribution in [3.63, 3.8) is 0 Å². The highest BCUT2D eigenvalue weighted by Crippen LogP contribution is 2.36. The van der Waals surface area contributed by atoms with E-state index in [0.717, 1.165) is 50.2 Å². The lowest BCUT2D eigenvalue weighted by Crippen LogP contribution is -2.52. The first-order valence-corrected chi connectivity index (χ1v) is 8.86. The summed E-state index contributed by atoms with van der Waals surface area (Å²) in [6.07, 6.45) is 2.49. The fraction of sp³-hybridized carbons (Fsp3) is 0.632. The maximum Gasteiger partial charge on any atom is 0.231 e. The number of benzene rings is 1. The van der Waals surface area contributed by atoms with Gasteiger partial charge in [-0.3, -0.25) is 4.79 Å². The summed E-state index contributed by atoms with van der Waals surface area (Å²) in [6, 6.07) is 4.03. The molecule has 0 bridgehead atoms. The van der Waals surface area contributed by atoms with Crippen molar-refractivity contribution < 1.29 is 19.0 Å². The molecule has 0 aromatic heterocycles. The monoisotopic (exact) mass is 384 g/mol. The van der Waals surface area contributed by atoms with Crippen molar-refractivity contribution in [2.24, 2.45) is 5.41 Å². The zero-order valence-corrected chi connectivity index (χ0v) is 16.6. The van der Waals surface area contributed by atoms with Crippen LogP contribution in [-0.4, -0.2) is 58.4 Å². The second kappa shape index (κ2) is 8.93. The number of nitrogens with zero attached hydrogens (tertiary/aromatic N) is 1. The minimum Gasteiger partial charge on any atom is -0.493 e. The molecule has 2 aliphatic rings. The Morgan fingerprint density at radius 2 is 1.73 bits per heavy atom. The molecule has 1 N–H and O–H groups in total. The summed E-state index contributed by atoms with van der Waals surface area (Å²) in [5.74, 6) is 1.68. The normalized spacial score (nSPS) is 18.5. The number of carbonyl (C=O) groups excluding carboxylic acids is 1. The lowest BCUT2D eigenvalue weighted by Gasteiger charge is -2.41. The molecular formula is C19H29ClN2O4. The van der Waals surface area contributed by atoms with Gasteiger partial charge in [0.15, 0.2) is 11.5 Å². The van der Waals surface area contributed by atoms with E-state index in [9.17, 15) is 4.79 Å². The fourth-order valence-electron chi connectivity index (χ4n) is 3.99. The molecule has 6 nitrogen and oxygen atoms in total. The van der Waals surface area contributed by atoms with Crippen molar-refractivity contribution in [2.75, 3.05) is 47.6 Å². The van der Waals surface area contributed by atoms with Gasteiger partial charge in [-0.1, -0.05) is 0 Å². The van der Waals surface area contributed by atoms with Crippen LogP contribution in [-0.2, 0) is 22.5 Å². The predicted molar refractivity (Wildman–Crippen MR) is 102 cm³/mol. The molecule has 0 unspecified atom stereocenters. The number of amides is 1. The van der Waals surface area contributed by atoms with E-state index in [1.165, 1.54) is 5.56 Å². The van der Waals surface area contributed by atoms with E-state index in [1.54, 1.807) is 21.3 Å². The van der Waals surface area contributed by atoms with Gasteiger partial charge >= 0.3 is 0 Å². The van der Waals surface area contributed by atoms with Gasteiger partial charge < -0.3 is 24.4 Å². The Labute approximate surface area is 161 Å². The summed E-state index contributed by atoms with van der Waals surface area (Å²) in [6.45, 7) is 3.57. The average molecular weight is 385 g/mol. The number of piperidine rings is 1. The van der Waals surface area contributed by atoms with Crippen LogP contribution in [0.3, 0.4) is 0 Å². The standard InChI is InChI=1S/C19H28N2O4.ClH/c1-23-13-19(5-7-20-8-6-19)18(22)21-9-4-14-10-16(24-2)17(25-3)11-15(14)12-21;/h10-11,20H,4-9,12-13H2,1-3H3;1H. The smallest absolute Gasteiger partial charge is 0.231 e. The Morgan fingerprint density at radius 3 is 2.31 bits per heavy atom. The van der Waals surface area contributed by atoms with E-state index in [-0.39, 0.29) is 18.3 Å². The third-order valence-corrected chi connectivity index (χ3v) is 5.44. The third kappa shape index (κ3) is 3.92. The number of carbonyl (C=O) groups is 1. The number of methoxy groups -OCH3 is 3. The van der Waals surface area contributed by atoms with Gasteiger partial charge in [0.2, 0.25) is 5.91 Å². The summed E-state index contributed by atoms with van der Waals surface area (Å²) in [5, 5.41) is 3.34. The number of hydrogen-bond acceptors (Lipinski definition) is 5. The van der Waals surface area contributed by atoms with E-state index in [1.807, 2.05) is 17.0 Å². The first-order chi connectivity index (χ1) is 12.1. The van der Waals surface area contributed by atoms with Gasteiger partial charge in [-0.25, -0.2) is 0 Å². The maximum absolute atomic E-state index is 13.3. The minimum atomic E-state index is -0.395. The number of hydrogen-bond donors (Lipinski definition) is 1. The SMILES string of the molecule is COCC1(C(=O)N2CCc3cc(OC)c(OC)cc3C2)CCNCC1.Cl. The number of fused-ring (bicyclic) bond motifs is 1. The first kappa shape index (κ1) is 20.8. The highest BCUT2D eigenvalue weighted by Gasteiger charge is 2.42. The Kier molecular flexibility index (Phi) is 7.15. The molecule has 2 heterocycles. The van der Waals surface area contributed by atoms with Crippen LogP contribution < -0.4 is 14.8 Å². The molecule has 146 valence electrons. The van der Waals surface area contributed by atoms with Gasteiger partial charge in [-0.15, -0.1) is 12.4 Å². The largest absolute Gasteiger partial charge is 0.493 e. The zero-order chi connectivity index (χ0) is 17.9. The van der Waals surface area contributed by atoms with Crippen molar-refractivity contribution in [1.29, 1.82) is 0 Å². The van der Waals surface area contributed by atoms with Crippen molar-refractivity contribution in [1.82, 2.24) is 10.2 Å². The summed E-state index contributed by atoms with van der Waals surface area (Å²) in [4.78, 5) is 15.3. The topological polar surface area (TPSA) is 60.0 Å². The summed E-state index contributed by atoms with van der Waals surface area (Å²) in [7, 11) is 4.97. The van der Waals surface area contributed by atoms with Crippen LogP contribution in [0, 0.1) is 5.41 Å². The van der Waals surface area contributed by atoms with Gasteiger partial charge in [-0.2, -0.15) is 0 Å². The molecule has 0 saturated carbocycles. The molecule has 0 atom stereocenters. The molecule has 1 aromatic rings. The molecule has 0 aliphatic carbocycles. The number of nitrogens with one attached hydrogen (secondary N) is 1. The summed E-state index contributed by atoms with van der Waals surface area (Å²) in [5.41, 5.74) is 1.97. The van der Waals surface area contributed by atoms with Crippen molar-refractivity contribution in [2.45, 2.75) is 25.8 Å². The molecule has 0 spiro atoms. The summed E-state index contributed by atoms with van der Waals surface area (Å²) < 4.78 is 16.2. The molecule has 2 aliphatic heterocycles. The van der Waals surface area contributed by atoms with Crippen LogP contribution in [0.1, 0.15) is 24.0 Å². The molecule has 1 amide bonds. The summed E-state index contributed by atoms with van der Waals surface area (Å²) >= 11 is 0. The zero-order valence-electron chi connectivity index (χ0n) is 15.8. The second-order valence-electron chi connectivity index (χ2n) is 6.92. The van der Waals surface area contributed by atoms with Gasteiger partial charge in [-0.05, 0) is 55.6 Å². The van der Waals surface area contributed by atoms with Crippen LogP contribution in [0.4, 0.5) is 0 Å². The number of rotatable bonds is 5. The van der Waals surface area contributed by atoms with Gasteiger partial charge in [0, 0.05) is 20.2 Å². The Morgan fingerprint density at radius 1 is 1.12 bits per heavy atom. The van der Waals surface area contributed by atoms with Crippen LogP contribution in [0.15, 0.2) is 12.1 Å². The molecule has 1 fully saturated rings. The Hall–Kier alpha value is -1.50. The maximum atomic E-state index is 13.3. The van der Waals surface area contributed by atoms with Crippen molar-refractivity contribution in [3.05, 3.63) is 23.3 Å². The molecule has 26 heavy (non-hydrogen) atoms. The second-order valence-corrected chi connectivity index (χ2v) is 6.92. The van der Waals surface area contributed by atoms with E-state index in [4.69, 9.17) is 14.2 Å². The molecule has 3 rings (SSSR count). The van der Waals surface area contributed by atoms with E-state index in [2.05, 4.69) is 5.32 Å². The minimum absolute atomic E-state index is 0. The first-order valence-electron chi connectivity index (χ1n) is 8.86. The molecule has 1 aromatic carbocycles. The van der Waals surface area contributed by atoms with Gasteiger partial charge in [0.1, 0.15) is 0 Å². The van der Waals surface area contributed by atoms with Crippen LogP contribution in [0.5, 0.6) is 11.5 Å². The fourth-order valence-corrected chi connectivity index (χ4v) is 3.99. The third-order valence-electron chi connectivity index (χ3n) is 5.44. The van der Waals surface area contributed by atoms with Crippen LogP contribution in [0.25, 0.3) is 0 Å². The van der Waals surface area contributed by atoms with E-state index in [0.29, 0.717) is 18.9 Å². The van der Waals surface area contributed by atoms with Crippen molar-refractivity contribution in [3.8, 4) is 11.5 Å². The molecule has 0 radical (unpaired) electrons. The molecule has 1 saturated heterocycles. The van der Waals surface area contributed by atoms with E-state index >= 15 is 0 Å². The highest BCUT2D eigenvalue weighted by molar-refractivity contribution is 5.85. The van der Waals surface area contributed by atoms with Gasteiger partial charge in [0.05, 0.1) is 26.2 Å². The number of ether oxygens (including phenoxy) is 3. The Balaban J connectivity index is 0.00000243. The predicted octanol–water partition coefficient (Wildman–Crippen LogP) is 2.03. The highest BCUT2D eigenvalue weighted by atomic mass is 35.5. The quantitative estimate of drug-likeness (QED) is 0.841. The van der Waals surface area contributed by atoms with Crippen molar-refractivity contribution >= 4 is 18.3 Å². The van der Waals surface area contributed by atoms with Crippen LogP contribution in [0.2, 0.25) is 0 Å². The molecular weight excluding hydrogens is 356 g/mol. The lowest BCUT2D eigenvalue weighted by molar-refractivity contribution is -0.148. The van der Waals surface area contributed by atoms with Gasteiger partial charge in [0.25, 0.3) is 0 Å². The molecule has 7 heteroatoms. The van der Waals surface area contributed by atoms with Crippen LogP contribution >= 0.6 is 12.4 Å². The number of halogens is 1. The van der Waals surface area contributed by atoms with E-state index < -0.39 is 5.41 Å².